The van der Waals surface area contributed by atoms with E-state index in [9.17, 15) is 22.4 Å². The zero-order valence-electron chi connectivity index (χ0n) is 22.4. The van der Waals surface area contributed by atoms with Crippen molar-refractivity contribution in [1.29, 1.82) is 0 Å². The van der Waals surface area contributed by atoms with Crippen LogP contribution in [0.2, 0.25) is 5.02 Å². The number of carbonyl (C=O) groups is 2. The lowest BCUT2D eigenvalue weighted by molar-refractivity contribution is -0.140. The Hall–Kier alpha value is -3.43. The number of aryl methyl sites for hydroxylation is 1. The van der Waals surface area contributed by atoms with Gasteiger partial charge in [0, 0.05) is 12.6 Å². The Labute approximate surface area is 234 Å². The highest BCUT2D eigenvalue weighted by Gasteiger charge is 2.34. The van der Waals surface area contributed by atoms with Crippen molar-refractivity contribution in [1.82, 2.24) is 10.2 Å². The van der Waals surface area contributed by atoms with Gasteiger partial charge in [-0.05, 0) is 68.7 Å². The number of halogens is 2. The first-order valence-corrected chi connectivity index (χ1v) is 14.4. The molecule has 0 fully saturated rings. The van der Waals surface area contributed by atoms with Gasteiger partial charge in [0.25, 0.3) is 10.0 Å². The summed E-state index contributed by atoms with van der Waals surface area (Å²) in [5.74, 6) is -1.65. The van der Waals surface area contributed by atoms with Crippen molar-refractivity contribution in [2.45, 2.75) is 57.6 Å². The molecule has 0 radical (unpaired) electrons. The summed E-state index contributed by atoms with van der Waals surface area (Å²) in [5, 5.41) is 2.58. The summed E-state index contributed by atoms with van der Waals surface area (Å²) >= 11 is 6.00. The third kappa shape index (κ3) is 7.36. The molecule has 0 bridgehead atoms. The Morgan fingerprint density at radius 3 is 2.23 bits per heavy atom. The number of amides is 2. The average Bonchev–Trinajstić information content (AvgIpc) is 2.89. The van der Waals surface area contributed by atoms with Crippen LogP contribution in [0.15, 0.2) is 77.7 Å². The van der Waals surface area contributed by atoms with Crippen molar-refractivity contribution < 1.29 is 22.4 Å². The van der Waals surface area contributed by atoms with Crippen LogP contribution in [-0.2, 0) is 26.2 Å². The van der Waals surface area contributed by atoms with Gasteiger partial charge in [0.2, 0.25) is 11.8 Å². The van der Waals surface area contributed by atoms with Crippen molar-refractivity contribution in [2.75, 3.05) is 10.8 Å². The Kier molecular flexibility index (Phi) is 10.1. The summed E-state index contributed by atoms with van der Waals surface area (Å²) in [7, 11) is -4.26. The van der Waals surface area contributed by atoms with Gasteiger partial charge in [0.15, 0.2) is 0 Å². The number of rotatable bonds is 11. The van der Waals surface area contributed by atoms with Crippen molar-refractivity contribution in [3.05, 3.63) is 94.8 Å². The molecule has 0 saturated carbocycles. The topological polar surface area (TPSA) is 86.8 Å². The maximum Gasteiger partial charge on any atom is 0.264 e. The first kappa shape index (κ1) is 30.1. The molecule has 0 spiro atoms. The first-order valence-electron chi connectivity index (χ1n) is 12.6. The second-order valence-corrected chi connectivity index (χ2v) is 11.7. The Balaban J connectivity index is 2.09. The molecule has 3 aromatic carbocycles. The fourth-order valence-electron chi connectivity index (χ4n) is 4.16. The number of sulfonamides is 1. The van der Waals surface area contributed by atoms with E-state index >= 15 is 0 Å². The number of nitrogens with one attached hydrogen (secondary N) is 1. The number of hydrogen-bond acceptors (Lipinski definition) is 4. The summed E-state index contributed by atoms with van der Waals surface area (Å²) in [5.41, 5.74) is 1.77. The molecule has 1 atom stereocenters. The third-order valence-corrected chi connectivity index (χ3v) is 8.30. The van der Waals surface area contributed by atoms with Gasteiger partial charge >= 0.3 is 0 Å². The molecule has 0 aromatic heterocycles. The first-order chi connectivity index (χ1) is 18.4. The molecular formula is C29H33ClFN3O4S. The summed E-state index contributed by atoms with van der Waals surface area (Å²) in [6.45, 7) is 6.81. The fraction of sp³-hybridized carbons (Fsp3) is 0.310. The predicted octanol–water partition coefficient (Wildman–Crippen LogP) is 5.31. The van der Waals surface area contributed by atoms with Crippen LogP contribution in [0.1, 0.15) is 38.3 Å². The monoisotopic (exact) mass is 573 g/mol. The maximum atomic E-state index is 14.0. The van der Waals surface area contributed by atoms with E-state index in [0.717, 1.165) is 21.5 Å². The molecule has 1 N–H and O–H groups in total. The average molecular weight is 574 g/mol. The van der Waals surface area contributed by atoms with E-state index in [0.29, 0.717) is 6.42 Å². The van der Waals surface area contributed by atoms with E-state index in [4.69, 9.17) is 11.6 Å². The van der Waals surface area contributed by atoms with Gasteiger partial charge in [-0.15, -0.1) is 0 Å². The summed E-state index contributed by atoms with van der Waals surface area (Å²) < 4.78 is 42.4. The minimum absolute atomic E-state index is 0.0223. The van der Waals surface area contributed by atoms with Gasteiger partial charge in [0.1, 0.15) is 18.4 Å². The largest absolute Gasteiger partial charge is 0.352 e. The predicted molar refractivity (Wildman–Crippen MR) is 151 cm³/mol. The zero-order chi connectivity index (χ0) is 28.7. The minimum atomic E-state index is -4.26. The maximum absolute atomic E-state index is 14.0. The van der Waals surface area contributed by atoms with E-state index in [-0.39, 0.29) is 34.1 Å². The SMILES string of the molecule is CCC(C(=O)NC(C)C)N(Cc1ccccc1C)C(=O)CN(c1ccc(F)c(Cl)c1)S(=O)(=O)c1ccccc1. The van der Waals surface area contributed by atoms with E-state index < -0.39 is 34.3 Å². The summed E-state index contributed by atoms with van der Waals surface area (Å²) in [6, 6.07) is 17.6. The van der Waals surface area contributed by atoms with Gasteiger partial charge in [-0.1, -0.05) is 61.0 Å². The smallest absolute Gasteiger partial charge is 0.264 e. The molecule has 2 amide bonds. The number of carbonyl (C=O) groups excluding carboxylic acids is 2. The normalized spacial score (nSPS) is 12.2. The van der Waals surface area contributed by atoms with Crippen LogP contribution >= 0.6 is 11.6 Å². The lowest BCUT2D eigenvalue weighted by atomic mass is 10.1. The highest BCUT2D eigenvalue weighted by Crippen LogP contribution is 2.28. The van der Waals surface area contributed by atoms with Crippen LogP contribution in [0.25, 0.3) is 0 Å². The van der Waals surface area contributed by atoms with Crippen molar-refractivity contribution >= 4 is 39.1 Å². The van der Waals surface area contributed by atoms with E-state index in [1.807, 2.05) is 45.0 Å². The van der Waals surface area contributed by atoms with Crippen molar-refractivity contribution in [3.63, 3.8) is 0 Å². The number of hydrogen-bond donors (Lipinski definition) is 1. The quantitative estimate of drug-likeness (QED) is 0.337. The Morgan fingerprint density at radius 1 is 1.00 bits per heavy atom. The van der Waals surface area contributed by atoms with Crippen LogP contribution in [0, 0.1) is 12.7 Å². The van der Waals surface area contributed by atoms with Gasteiger partial charge < -0.3 is 10.2 Å². The lowest BCUT2D eigenvalue weighted by Gasteiger charge is -2.34. The molecule has 0 saturated heterocycles. The molecule has 1 unspecified atom stereocenters. The van der Waals surface area contributed by atoms with Gasteiger partial charge in [-0.2, -0.15) is 0 Å². The number of anilines is 1. The molecule has 7 nitrogen and oxygen atoms in total. The highest BCUT2D eigenvalue weighted by molar-refractivity contribution is 7.92. The molecule has 208 valence electrons. The molecule has 39 heavy (non-hydrogen) atoms. The molecule has 0 aliphatic carbocycles. The third-order valence-electron chi connectivity index (χ3n) is 6.22. The lowest BCUT2D eigenvalue weighted by Crippen LogP contribution is -2.53. The molecule has 0 aliphatic heterocycles. The van der Waals surface area contributed by atoms with Crippen LogP contribution in [0.3, 0.4) is 0 Å². The van der Waals surface area contributed by atoms with Gasteiger partial charge in [-0.25, -0.2) is 12.8 Å². The van der Waals surface area contributed by atoms with E-state index in [1.165, 1.54) is 29.2 Å². The van der Waals surface area contributed by atoms with Crippen molar-refractivity contribution in [3.8, 4) is 0 Å². The van der Waals surface area contributed by atoms with E-state index in [2.05, 4.69) is 5.32 Å². The second kappa shape index (κ2) is 13.1. The molecular weight excluding hydrogens is 541 g/mol. The number of nitrogens with zero attached hydrogens (tertiary/aromatic N) is 2. The standard InChI is InChI=1S/C29H33ClFN3O4S/c1-5-27(29(36)32-20(2)3)33(18-22-12-10-9-11-21(22)4)28(35)19-34(23-15-16-26(31)25(30)17-23)39(37,38)24-13-7-6-8-14-24/h6-17,20,27H,5,18-19H2,1-4H3,(H,32,36). The molecule has 3 rings (SSSR count). The van der Waals surface area contributed by atoms with Gasteiger partial charge in [-0.3, -0.25) is 13.9 Å². The molecule has 0 heterocycles. The number of benzene rings is 3. The molecule has 10 heteroatoms. The summed E-state index contributed by atoms with van der Waals surface area (Å²) in [4.78, 5) is 28.5. The van der Waals surface area contributed by atoms with Crippen LogP contribution in [0.4, 0.5) is 10.1 Å². The minimum Gasteiger partial charge on any atom is -0.352 e. The Bertz CT molecular complexity index is 1420. The molecule has 0 aliphatic rings. The zero-order valence-corrected chi connectivity index (χ0v) is 24.0. The van der Waals surface area contributed by atoms with Crippen LogP contribution < -0.4 is 9.62 Å². The summed E-state index contributed by atoms with van der Waals surface area (Å²) in [6.07, 6.45) is 0.310. The molecule has 3 aromatic rings. The van der Waals surface area contributed by atoms with Gasteiger partial charge in [0.05, 0.1) is 15.6 Å². The van der Waals surface area contributed by atoms with Crippen LogP contribution in [-0.4, -0.2) is 43.8 Å². The second-order valence-electron chi connectivity index (χ2n) is 9.46. The van der Waals surface area contributed by atoms with Crippen LogP contribution in [0.5, 0.6) is 0 Å². The Morgan fingerprint density at radius 2 is 1.64 bits per heavy atom. The van der Waals surface area contributed by atoms with E-state index in [1.54, 1.807) is 25.1 Å². The fourth-order valence-corrected chi connectivity index (χ4v) is 5.76. The highest BCUT2D eigenvalue weighted by atomic mass is 35.5. The van der Waals surface area contributed by atoms with Crippen molar-refractivity contribution in [2.24, 2.45) is 0 Å².